The van der Waals surface area contributed by atoms with Crippen molar-refractivity contribution >= 4 is 17.8 Å². The molecule has 0 fully saturated rings. The Hall–Kier alpha value is -2.37. The van der Waals surface area contributed by atoms with Crippen LogP contribution in [-0.2, 0) is 14.4 Å². The Kier molecular flexibility index (Phi) is 7.25. The summed E-state index contributed by atoms with van der Waals surface area (Å²) in [5.74, 6) is -2.09. The molecule has 0 aromatic heterocycles. The lowest BCUT2D eigenvalue weighted by atomic mass is 10.0. The van der Waals surface area contributed by atoms with Crippen molar-refractivity contribution in [2.24, 2.45) is 5.92 Å². The highest BCUT2D eigenvalue weighted by atomic mass is 16.4. The smallest absolute Gasteiger partial charge is 0.326 e. The second kappa shape index (κ2) is 8.92. The predicted octanol–water partition coefficient (Wildman–Crippen LogP) is 1.52. The van der Waals surface area contributed by atoms with Gasteiger partial charge in [-0.3, -0.25) is 9.59 Å². The van der Waals surface area contributed by atoms with Gasteiger partial charge in [-0.05, 0) is 24.8 Å². The van der Waals surface area contributed by atoms with E-state index in [0.717, 1.165) is 5.56 Å². The van der Waals surface area contributed by atoms with Crippen molar-refractivity contribution in [2.75, 3.05) is 6.54 Å². The summed E-state index contributed by atoms with van der Waals surface area (Å²) in [6.45, 7) is 5.27. The molecule has 0 saturated carbocycles. The van der Waals surface area contributed by atoms with Gasteiger partial charge in [0.05, 0.1) is 12.5 Å². The molecule has 0 bridgehead atoms. The Balaban J connectivity index is 2.48. The van der Waals surface area contributed by atoms with E-state index >= 15 is 0 Å². The van der Waals surface area contributed by atoms with E-state index in [2.05, 4.69) is 10.6 Å². The minimum absolute atomic E-state index is 0.143. The van der Waals surface area contributed by atoms with Crippen LogP contribution in [0.4, 0.5) is 0 Å². The van der Waals surface area contributed by atoms with Gasteiger partial charge in [0.2, 0.25) is 11.8 Å². The first-order valence-electron chi connectivity index (χ1n) is 7.66. The third-order valence-corrected chi connectivity index (χ3v) is 3.46. The lowest BCUT2D eigenvalue weighted by molar-refractivity contribution is -0.142. The fraction of sp³-hybridized carbons (Fsp3) is 0.471. The highest BCUT2D eigenvalue weighted by Crippen LogP contribution is 2.14. The predicted molar refractivity (Wildman–Crippen MR) is 86.9 cm³/mol. The zero-order chi connectivity index (χ0) is 17.4. The number of nitrogens with one attached hydrogen (secondary N) is 2. The minimum Gasteiger partial charge on any atom is -0.480 e. The summed E-state index contributed by atoms with van der Waals surface area (Å²) < 4.78 is 0. The molecule has 23 heavy (non-hydrogen) atoms. The Morgan fingerprint density at radius 1 is 1.09 bits per heavy atom. The monoisotopic (exact) mass is 320 g/mol. The summed E-state index contributed by atoms with van der Waals surface area (Å²) in [7, 11) is 0. The summed E-state index contributed by atoms with van der Waals surface area (Å²) in [6, 6.07) is 8.29. The van der Waals surface area contributed by atoms with Crippen molar-refractivity contribution in [3.05, 3.63) is 35.9 Å². The number of hydrogen-bond donors (Lipinski definition) is 3. The molecule has 0 heterocycles. The number of hydrogen-bond acceptors (Lipinski definition) is 3. The van der Waals surface area contributed by atoms with Crippen LogP contribution in [0.3, 0.4) is 0 Å². The van der Waals surface area contributed by atoms with Crippen LogP contribution >= 0.6 is 0 Å². The second-order valence-corrected chi connectivity index (χ2v) is 5.94. The number of carboxylic acids is 1. The Labute approximate surface area is 136 Å². The minimum atomic E-state index is -1.07. The molecule has 0 aliphatic carbocycles. The van der Waals surface area contributed by atoms with Gasteiger partial charge in [0.15, 0.2) is 0 Å². The van der Waals surface area contributed by atoms with Gasteiger partial charge >= 0.3 is 5.97 Å². The van der Waals surface area contributed by atoms with Gasteiger partial charge in [-0.15, -0.1) is 0 Å². The molecule has 2 atom stereocenters. The number of rotatable bonds is 8. The molecular formula is C17H24N2O4. The largest absolute Gasteiger partial charge is 0.480 e. The van der Waals surface area contributed by atoms with Gasteiger partial charge in [0.1, 0.15) is 6.04 Å². The zero-order valence-corrected chi connectivity index (χ0v) is 13.7. The van der Waals surface area contributed by atoms with Gasteiger partial charge in [-0.2, -0.15) is 0 Å². The first-order chi connectivity index (χ1) is 10.8. The van der Waals surface area contributed by atoms with E-state index in [-0.39, 0.29) is 24.3 Å². The molecule has 0 aliphatic heterocycles. The van der Waals surface area contributed by atoms with Gasteiger partial charge in [0, 0.05) is 0 Å². The van der Waals surface area contributed by atoms with Crippen molar-refractivity contribution in [2.45, 2.75) is 39.2 Å². The third-order valence-electron chi connectivity index (χ3n) is 3.46. The Morgan fingerprint density at radius 3 is 2.22 bits per heavy atom. The van der Waals surface area contributed by atoms with Crippen molar-refractivity contribution < 1.29 is 19.5 Å². The van der Waals surface area contributed by atoms with Crippen molar-refractivity contribution in [1.82, 2.24) is 10.6 Å². The number of benzene rings is 1. The van der Waals surface area contributed by atoms with Crippen molar-refractivity contribution in [3.8, 4) is 0 Å². The number of carbonyl (C=O) groups excluding carboxylic acids is 2. The molecule has 1 rings (SSSR count). The maximum atomic E-state index is 12.0. The van der Waals surface area contributed by atoms with E-state index in [9.17, 15) is 14.4 Å². The topological polar surface area (TPSA) is 95.5 Å². The summed E-state index contributed by atoms with van der Waals surface area (Å²) >= 11 is 0. The van der Waals surface area contributed by atoms with Crippen molar-refractivity contribution in [3.63, 3.8) is 0 Å². The van der Waals surface area contributed by atoms with E-state index in [1.54, 1.807) is 6.92 Å². The van der Waals surface area contributed by atoms with Crippen LogP contribution in [0.2, 0.25) is 0 Å². The average molecular weight is 320 g/mol. The van der Waals surface area contributed by atoms with Crippen LogP contribution in [0.5, 0.6) is 0 Å². The molecule has 1 aromatic rings. The molecule has 6 heteroatoms. The summed E-state index contributed by atoms with van der Waals surface area (Å²) in [5, 5.41) is 14.0. The molecule has 0 radical (unpaired) electrons. The quantitative estimate of drug-likeness (QED) is 0.677. The third kappa shape index (κ3) is 6.50. The highest BCUT2D eigenvalue weighted by Gasteiger charge is 2.22. The summed E-state index contributed by atoms with van der Waals surface area (Å²) in [5.41, 5.74) is 0.855. The lowest BCUT2D eigenvalue weighted by Gasteiger charge is -2.17. The molecule has 0 spiro atoms. The number of carboxylic acid groups (broad SMARTS) is 1. The first-order valence-corrected chi connectivity index (χ1v) is 7.66. The van der Waals surface area contributed by atoms with Crippen molar-refractivity contribution in [1.29, 1.82) is 0 Å². The van der Waals surface area contributed by atoms with E-state index in [1.807, 2.05) is 44.2 Å². The van der Waals surface area contributed by atoms with E-state index in [4.69, 9.17) is 5.11 Å². The van der Waals surface area contributed by atoms with Crippen LogP contribution in [0.15, 0.2) is 30.3 Å². The molecule has 0 saturated heterocycles. The highest BCUT2D eigenvalue weighted by molar-refractivity contribution is 5.89. The molecule has 6 nitrogen and oxygen atoms in total. The molecule has 0 aliphatic rings. The van der Waals surface area contributed by atoms with Gasteiger partial charge in [-0.1, -0.05) is 44.2 Å². The SMILES string of the molecule is CC(C)C[C@H](NC(=O)CNC(=O)[C@H](C)c1ccccc1)C(=O)O. The molecule has 1 aromatic carbocycles. The van der Waals surface area contributed by atoms with E-state index in [1.165, 1.54) is 0 Å². The normalized spacial score (nSPS) is 13.2. The van der Waals surface area contributed by atoms with E-state index in [0.29, 0.717) is 6.42 Å². The molecule has 126 valence electrons. The molecule has 3 N–H and O–H groups in total. The molecule has 2 amide bonds. The van der Waals surface area contributed by atoms with Gasteiger partial charge in [-0.25, -0.2) is 4.79 Å². The zero-order valence-electron chi connectivity index (χ0n) is 13.7. The van der Waals surface area contributed by atoms with Crippen LogP contribution in [0, 0.1) is 5.92 Å². The fourth-order valence-electron chi connectivity index (χ4n) is 2.15. The van der Waals surface area contributed by atoms with Crippen LogP contribution in [0.25, 0.3) is 0 Å². The van der Waals surface area contributed by atoms with Gasteiger partial charge in [0.25, 0.3) is 0 Å². The van der Waals surface area contributed by atoms with E-state index < -0.39 is 17.9 Å². The summed E-state index contributed by atoms with van der Waals surface area (Å²) in [4.78, 5) is 35.0. The maximum absolute atomic E-state index is 12.0. The van der Waals surface area contributed by atoms with Crippen LogP contribution in [0.1, 0.15) is 38.7 Å². The lowest BCUT2D eigenvalue weighted by Crippen LogP contribution is -2.46. The standard InChI is InChI=1S/C17H24N2O4/c1-11(2)9-14(17(22)23)19-15(20)10-18-16(21)12(3)13-7-5-4-6-8-13/h4-8,11-12,14H,9-10H2,1-3H3,(H,18,21)(H,19,20)(H,22,23)/t12-,14+/m1/s1. The van der Waals surface area contributed by atoms with Gasteiger partial charge < -0.3 is 15.7 Å². The molecular weight excluding hydrogens is 296 g/mol. The molecule has 0 unspecified atom stereocenters. The average Bonchev–Trinajstić information content (AvgIpc) is 2.51. The van der Waals surface area contributed by atoms with Crippen LogP contribution < -0.4 is 10.6 Å². The number of carbonyl (C=O) groups is 3. The maximum Gasteiger partial charge on any atom is 0.326 e. The fourth-order valence-corrected chi connectivity index (χ4v) is 2.15. The summed E-state index contributed by atoms with van der Waals surface area (Å²) in [6.07, 6.45) is 0.343. The second-order valence-electron chi connectivity index (χ2n) is 5.94. The van der Waals surface area contributed by atoms with Crippen LogP contribution in [-0.4, -0.2) is 35.5 Å². The Bertz CT molecular complexity index is 543. The number of amides is 2. The number of aliphatic carboxylic acids is 1. The Morgan fingerprint density at radius 2 is 1.70 bits per heavy atom. The first kappa shape index (κ1) is 18.7.